The van der Waals surface area contributed by atoms with Crippen LogP contribution in [0.25, 0.3) is 11.4 Å². The van der Waals surface area contributed by atoms with E-state index in [0.717, 1.165) is 16.6 Å². The SMILES string of the molecule is CN(Cc1nc(-c2cccc(Br)c2)no1)C1CCCCC1. The second-order valence-electron chi connectivity index (χ2n) is 5.73. The van der Waals surface area contributed by atoms with E-state index in [4.69, 9.17) is 4.52 Å². The number of hydrogen-bond acceptors (Lipinski definition) is 4. The van der Waals surface area contributed by atoms with Crippen molar-refractivity contribution >= 4 is 15.9 Å². The predicted octanol–water partition coefficient (Wildman–Crippen LogP) is 4.26. The first-order valence-electron chi connectivity index (χ1n) is 7.51. The fraction of sp³-hybridized carbons (Fsp3) is 0.500. The molecule has 0 N–H and O–H groups in total. The summed E-state index contributed by atoms with van der Waals surface area (Å²) in [5.74, 6) is 1.35. The van der Waals surface area contributed by atoms with E-state index < -0.39 is 0 Å². The lowest BCUT2D eigenvalue weighted by atomic mass is 9.94. The second-order valence-corrected chi connectivity index (χ2v) is 6.64. The third-order valence-electron chi connectivity index (χ3n) is 4.13. The highest BCUT2D eigenvalue weighted by Crippen LogP contribution is 2.24. The van der Waals surface area contributed by atoms with Crippen LogP contribution in [0.4, 0.5) is 0 Å². The van der Waals surface area contributed by atoms with E-state index in [1.54, 1.807) is 0 Å². The standard InChI is InChI=1S/C16H20BrN3O/c1-20(14-8-3-2-4-9-14)11-15-18-16(19-21-15)12-6-5-7-13(17)10-12/h5-7,10,14H,2-4,8-9,11H2,1H3. The van der Waals surface area contributed by atoms with Gasteiger partial charge in [0.15, 0.2) is 0 Å². The van der Waals surface area contributed by atoms with Crippen LogP contribution >= 0.6 is 15.9 Å². The molecule has 1 fully saturated rings. The van der Waals surface area contributed by atoms with E-state index in [9.17, 15) is 0 Å². The summed E-state index contributed by atoms with van der Waals surface area (Å²) >= 11 is 3.46. The number of hydrogen-bond donors (Lipinski definition) is 0. The minimum Gasteiger partial charge on any atom is -0.338 e. The molecule has 4 nitrogen and oxygen atoms in total. The van der Waals surface area contributed by atoms with Crippen LogP contribution in [0.3, 0.4) is 0 Å². The monoisotopic (exact) mass is 349 g/mol. The normalized spacial score (nSPS) is 16.5. The molecule has 5 heteroatoms. The van der Waals surface area contributed by atoms with E-state index in [1.807, 2.05) is 24.3 Å². The molecule has 0 radical (unpaired) electrons. The van der Waals surface area contributed by atoms with Gasteiger partial charge in [-0.2, -0.15) is 4.98 Å². The summed E-state index contributed by atoms with van der Waals surface area (Å²) in [5.41, 5.74) is 0.972. The molecule has 0 unspecified atom stereocenters. The van der Waals surface area contributed by atoms with Crippen molar-refractivity contribution in [2.24, 2.45) is 0 Å². The zero-order chi connectivity index (χ0) is 14.7. The topological polar surface area (TPSA) is 42.2 Å². The van der Waals surface area contributed by atoms with Crippen LogP contribution in [0.2, 0.25) is 0 Å². The number of rotatable bonds is 4. The molecule has 3 rings (SSSR count). The van der Waals surface area contributed by atoms with Gasteiger partial charge in [-0.05, 0) is 32.0 Å². The average Bonchev–Trinajstić information content (AvgIpc) is 2.97. The minimum absolute atomic E-state index is 0.653. The maximum absolute atomic E-state index is 5.40. The Labute approximate surface area is 133 Å². The summed E-state index contributed by atoms with van der Waals surface area (Å²) in [6, 6.07) is 8.61. The van der Waals surface area contributed by atoms with Crippen molar-refractivity contribution in [3.63, 3.8) is 0 Å². The molecular weight excluding hydrogens is 330 g/mol. The van der Waals surface area contributed by atoms with Gasteiger partial charge in [0.1, 0.15) is 0 Å². The lowest BCUT2D eigenvalue weighted by Crippen LogP contribution is -2.32. The molecule has 1 heterocycles. The minimum atomic E-state index is 0.653. The Morgan fingerprint density at radius 2 is 2.10 bits per heavy atom. The molecule has 2 aromatic rings. The third kappa shape index (κ3) is 3.71. The lowest BCUT2D eigenvalue weighted by Gasteiger charge is -2.29. The summed E-state index contributed by atoms with van der Waals surface area (Å²) < 4.78 is 6.42. The van der Waals surface area contributed by atoms with Crippen LogP contribution in [0.1, 0.15) is 38.0 Å². The van der Waals surface area contributed by atoms with Crippen molar-refractivity contribution in [2.45, 2.75) is 44.7 Å². The van der Waals surface area contributed by atoms with Gasteiger partial charge in [-0.1, -0.05) is 52.5 Å². The second kappa shape index (κ2) is 6.71. The van der Waals surface area contributed by atoms with E-state index >= 15 is 0 Å². The number of benzene rings is 1. The fourth-order valence-electron chi connectivity index (χ4n) is 2.93. The highest BCUT2D eigenvalue weighted by Gasteiger charge is 2.20. The zero-order valence-electron chi connectivity index (χ0n) is 12.3. The Hall–Kier alpha value is -1.20. The first kappa shape index (κ1) is 14.7. The summed E-state index contributed by atoms with van der Waals surface area (Å²) in [7, 11) is 2.15. The molecule has 0 saturated heterocycles. The molecule has 1 aromatic carbocycles. The molecule has 21 heavy (non-hydrogen) atoms. The third-order valence-corrected chi connectivity index (χ3v) is 4.63. The van der Waals surface area contributed by atoms with Crippen LogP contribution in [0.5, 0.6) is 0 Å². The maximum Gasteiger partial charge on any atom is 0.241 e. The van der Waals surface area contributed by atoms with Crippen molar-refractivity contribution in [3.05, 3.63) is 34.6 Å². The van der Waals surface area contributed by atoms with Crippen LogP contribution < -0.4 is 0 Å². The highest BCUT2D eigenvalue weighted by molar-refractivity contribution is 9.10. The molecule has 0 spiro atoms. The molecule has 1 aliphatic carbocycles. The highest BCUT2D eigenvalue weighted by atomic mass is 79.9. The Morgan fingerprint density at radius 3 is 2.86 bits per heavy atom. The maximum atomic E-state index is 5.40. The average molecular weight is 350 g/mol. The van der Waals surface area contributed by atoms with Crippen molar-refractivity contribution in [1.29, 1.82) is 0 Å². The van der Waals surface area contributed by atoms with E-state index in [0.29, 0.717) is 17.8 Å². The van der Waals surface area contributed by atoms with Gasteiger partial charge in [-0.15, -0.1) is 0 Å². The summed E-state index contributed by atoms with van der Waals surface area (Å²) in [6.45, 7) is 0.728. The van der Waals surface area contributed by atoms with E-state index in [-0.39, 0.29) is 0 Å². The first-order valence-corrected chi connectivity index (χ1v) is 8.30. The van der Waals surface area contributed by atoms with Gasteiger partial charge in [-0.25, -0.2) is 0 Å². The van der Waals surface area contributed by atoms with Gasteiger partial charge >= 0.3 is 0 Å². The predicted molar refractivity (Wildman–Crippen MR) is 85.8 cm³/mol. The van der Waals surface area contributed by atoms with E-state index in [1.165, 1.54) is 32.1 Å². The molecule has 0 bridgehead atoms. The van der Waals surface area contributed by atoms with Crippen molar-refractivity contribution in [3.8, 4) is 11.4 Å². The molecule has 1 aliphatic rings. The summed E-state index contributed by atoms with van der Waals surface area (Å²) in [5, 5.41) is 4.09. The van der Waals surface area contributed by atoms with E-state index in [2.05, 4.69) is 38.0 Å². The molecular formula is C16H20BrN3O. The Balaban J connectivity index is 1.67. The lowest BCUT2D eigenvalue weighted by molar-refractivity contribution is 0.165. The molecule has 0 atom stereocenters. The number of aromatic nitrogens is 2. The first-order chi connectivity index (χ1) is 10.2. The smallest absolute Gasteiger partial charge is 0.241 e. The Morgan fingerprint density at radius 1 is 1.29 bits per heavy atom. The van der Waals surface area contributed by atoms with Crippen LogP contribution in [-0.4, -0.2) is 28.1 Å². The fourth-order valence-corrected chi connectivity index (χ4v) is 3.33. The van der Waals surface area contributed by atoms with Gasteiger partial charge in [0.2, 0.25) is 11.7 Å². The van der Waals surface area contributed by atoms with Gasteiger partial charge in [0, 0.05) is 16.1 Å². The summed E-state index contributed by atoms with van der Waals surface area (Å²) in [6.07, 6.45) is 6.61. The largest absolute Gasteiger partial charge is 0.338 e. The van der Waals surface area contributed by atoms with Crippen LogP contribution in [-0.2, 0) is 6.54 Å². The Kier molecular flexibility index (Phi) is 4.70. The number of halogens is 1. The van der Waals surface area contributed by atoms with Gasteiger partial charge in [0.25, 0.3) is 0 Å². The summed E-state index contributed by atoms with van der Waals surface area (Å²) in [4.78, 5) is 6.86. The van der Waals surface area contributed by atoms with Gasteiger partial charge < -0.3 is 4.52 Å². The molecule has 1 aromatic heterocycles. The number of nitrogens with zero attached hydrogens (tertiary/aromatic N) is 3. The van der Waals surface area contributed by atoms with Crippen molar-refractivity contribution < 1.29 is 4.52 Å². The van der Waals surface area contributed by atoms with Gasteiger partial charge in [-0.3, -0.25) is 4.90 Å². The quantitative estimate of drug-likeness (QED) is 0.826. The van der Waals surface area contributed by atoms with Crippen molar-refractivity contribution in [2.75, 3.05) is 7.05 Å². The zero-order valence-corrected chi connectivity index (χ0v) is 13.8. The molecule has 1 saturated carbocycles. The molecule has 0 aliphatic heterocycles. The van der Waals surface area contributed by atoms with Gasteiger partial charge in [0.05, 0.1) is 6.54 Å². The molecule has 0 amide bonds. The van der Waals surface area contributed by atoms with Crippen molar-refractivity contribution in [1.82, 2.24) is 15.0 Å². The Bertz CT molecular complexity index is 593. The van der Waals surface area contributed by atoms with Crippen LogP contribution in [0.15, 0.2) is 33.3 Å². The molecule has 112 valence electrons. The van der Waals surface area contributed by atoms with Crippen LogP contribution in [0, 0.1) is 0 Å².